The molecule has 0 atom stereocenters. The summed E-state index contributed by atoms with van der Waals surface area (Å²) >= 11 is 0.327. The van der Waals surface area contributed by atoms with Crippen molar-refractivity contribution in [2.45, 2.75) is 43.8 Å². The zero-order chi connectivity index (χ0) is 21.2. The van der Waals surface area contributed by atoms with E-state index in [1.165, 1.54) is 4.57 Å². The Balaban J connectivity index is 1.66. The van der Waals surface area contributed by atoms with Crippen LogP contribution in [0.5, 0.6) is 0 Å². The molecule has 0 spiro atoms. The van der Waals surface area contributed by atoms with Crippen LogP contribution < -0.4 is 0 Å². The zero-order valence-electron chi connectivity index (χ0n) is 16.6. The van der Waals surface area contributed by atoms with Crippen LogP contribution in [0.4, 0.5) is 13.6 Å². The van der Waals surface area contributed by atoms with Gasteiger partial charge >= 0.3 is 6.09 Å². The number of para-hydroxylation sites is 2. The molecule has 0 unspecified atom stereocenters. The number of hydrogen-bond donors (Lipinski definition) is 0. The van der Waals surface area contributed by atoms with E-state index < -0.39 is 17.5 Å². The Morgan fingerprint density at radius 3 is 2.38 bits per heavy atom. The molecule has 0 radical (unpaired) electrons. The van der Waals surface area contributed by atoms with E-state index in [0.717, 1.165) is 0 Å². The van der Waals surface area contributed by atoms with Gasteiger partial charge in [0, 0.05) is 26.2 Å². The average molecular weight is 426 g/mol. The normalized spacial score (nSPS) is 15.2. The summed E-state index contributed by atoms with van der Waals surface area (Å²) in [7, 11) is 0. The number of benzene rings is 1. The lowest BCUT2D eigenvalue weighted by molar-refractivity contribution is -0.133. The fourth-order valence-corrected chi connectivity index (χ4v) is 3.68. The van der Waals surface area contributed by atoms with Crippen LogP contribution in [0, 0.1) is 0 Å². The summed E-state index contributed by atoms with van der Waals surface area (Å²) < 4.78 is 32.7. The van der Waals surface area contributed by atoms with Crippen LogP contribution in [-0.4, -0.2) is 68.9 Å². The van der Waals surface area contributed by atoms with Gasteiger partial charge in [0.2, 0.25) is 5.91 Å². The number of hydrogen-bond acceptors (Lipinski definition) is 5. The van der Waals surface area contributed by atoms with Gasteiger partial charge in [-0.2, -0.15) is 8.78 Å². The van der Waals surface area contributed by atoms with Crippen LogP contribution in [0.2, 0.25) is 0 Å². The molecule has 1 fully saturated rings. The fraction of sp³-hybridized carbons (Fsp3) is 0.526. The van der Waals surface area contributed by atoms with E-state index >= 15 is 0 Å². The van der Waals surface area contributed by atoms with Crippen molar-refractivity contribution in [3.8, 4) is 0 Å². The van der Waals surface area contributed by atoms with Crippen LogP contribution in [0.1, 0.15) is 20.8 Å². The molecule has 1 saturated heterocycles. The number of halogens is 2. The molecule has 1 aliphatic heterocycles. The number of carbonyl (C=O) groups is 2. The molecule has 29 heavy (non-hydrogen) atoms. The molecular weight excluding hydrogens is 402 g/mol. The molecule has 158 valence electrons. The summed E-state index contributed by atoms with van der Waals surface area (Å²) in [5.74, 6) is -2.83. The van der Waals surface area contributed by atoms with Crippen LogP contribution in [0.25, 0.3) is 11.0 Å². The lowest BCUT2D eigenvalue weighted by Gasteiger charge is -2.35. The number of piperazine rings is 1. The fourth-order valence-electron chi connectivity index (χ4n) is 3.08. The first-order chi connectivity index (χ1) is 13.6. The Kier molecular flexibility index (Phi) is 6.30. The third-order valence-corrected chi connectivity index (χ3v) is 5.09. The molecular formula is C19H24F2N4O3S. The van der Waals surface area contributed by atoms with Crippen molar-refractivity contribution in [1.82, 2.24) is 19.4 Å². The van der Waals surface area contributed by atoms with E-state index in [0.29, 0.717) is 49.0 Å². The first-order valence-corrected chi connectivity index (χ1v) is 10.2. The predicted molar refractivity (Wildman–Crippen MR) is 106 cm³/mol. The van der Waals surface area contributed by atoms with Gasteiger partial charge in [-0.15, -0.1) is 0 Å². The van der Waals surface area contributed by atoms with Crippen molar-refractivity contribution in [2.24, 2.45) is 0 Å². The molecule has 1 aromatic heterocycles. The smallest absolute Gasteiger partial charge is 0.410 e. The summed E-state index contributed by atoms with van der Waals surface area (Å²) in [5.41, 5.74) is 0.625. The van der Waals surface area contributed by atoms with Crippen LogP contribution in [0.15, 0.2) is 29.4 Å². The molecule has 0 aliphatic carbocycles. The number of thioether (sulfide) groups is 1. The molecule has 1 aromatic carbocycles. The lowest BCUT2D eigenvalue weighted by atomic mass is 10.2. The molecule has 10 heteroatoms. The van der Waals surface area contributed by atoms with E-state index in [-0.39, 0.29) is 17.6 Å². The van der Waals surface area contributed by atoms with Gasteiger partial charge in [-0.3, -0.25) is 4.79 Å². The highest BCUT2D eigenvalue weighted by Gasteiger charge is 2.28. The van der Waals surface area contributed by atoms with E-state index in [2.05, 4.69) is 4.98 Å². The van der Waals surface area contributed by atoms with Crippen molar-refractivity contribution >= 4 is 34.8 Å². The molecule has 2 aromatic rings. The van der Waals surface area contributed by atoms with Gasteiger partial charge in [-0.25, -0.2) is 9.78 Å². The van der Waals surface area contributed by atoms with Crippen molar-refractivity contribution in [3.05, 3.63) is 24.3 Å². The number of aromatic nitrogens is 2. The number of alkyl halides is 2. The molecule has 0 saturated carbocycles. The second-order valence-corrected chi connectivity index (χ2v) is 8.65. The monoisotopic (exact) mass is 426 g/mol. The first-order valence-electron chi connectivity index (χ1n) is 9.30. The minimum atomic E-state index is -2.63. The van der Waals surface area contributed by atoms with E-state index in [1.54, 1.807) is 54.8 Å². The van der Waals surface area contributed by atoms with Crippen LogP contribution in [0.3, 0.4) is 0 Å². The van der Waals surface area contributed by atoms with Gasteiger partial charge in [0.05, 0.1) is 11.0 Å². The molecule has 1 aliphatic rings. The summed E-state index contributed by atoms with van der Waals surface area (Å²) in [6.07, 6.45) is -0.402. The lowest BCUT2D eigenvalue weighted by Crippen LogP contribution is -2.52. The Bertz CT molecular complexity index is 889. The third kappa shape index (κ3) is 5.37. The highest BCUT2D eigenvalue weighted by Crippen LogP contribution is 2.28. The molecule has 2 amide bonds. The Hall–Kier alpha value is -2.36. The average Bonchev–Trinajstić information content (AvgIpc) is 2.97. The first kappa shape index (κ1) is 21.4. The van der Waals surface area contributed by atoms with Gasteiger partial charge in [-0.05, 0) is 44.7 Å². The van der Waals surface area contributed by atoms with Crippen LogP contribution >= 0.6 is 11.8 Å². The number of fused-ring (bicyclic) bond motifs is 1. The molecule has 7 nitrogen and oxygen atoms in total. The SMILES string of the molecule is CC(C)(C)OC(=O)N1CCN(C(=O)Cn2c(SC(F)F)nc3ccccc32)CC1. The highest BCUT2D eigenvalue weighted by molar-refractivity contribution is 7.99. The molecule has 2 heterocycles. The summed E-state index contributed by atoms with van der Waals surface area (Å²) in [6.45, 7) is 6.78. The largest absolute Gasteiger partial charge is 0.444 e. The number of amides is 2. The molecule has 3 rings (SSSR count). The van der Waals surface area contributed by atoms with Gasteiger partial charge < -0.3 is 19.1 Å². The van der Waals surface area contributed by atoms with E-state index in [9.17, 15) is 18.4 Å². The third-order valence-electron chi connectivity index (χ3n) is 4.39. The second-order valence-electron chi connectivity index (χ2n) is 7.70. The van der Waals surface area contributed by atoms with Gasteiger partial charge in [0.15, 0.2) is 5.16 Å². The topological polar surface area (TPSA) is 67.7 Å². The van der Waals surface area contributed by atoms with Gasteiger partial charge in [0.1, 0.15) is 12.1 Å². The van der Waals surface area contributed by atoms with Crippen molar-refractivity contribution in [2.75, 3.05) is 26.2 Å². The van der Waals surface area contributed by atoms with E-state index in [4.69, 9.17) is 4.74 Å². The second kappa shape index (κ2) is 8.56. The maximum absolute atomic E-state index is 12.9. The highest BCUT2D eigenvalue weighted by atomic mass is 32.2. The summed E-state index contributed by atoms with van der Waals surface area (Å²) in [4.78, 5) is 32.4. The number of imidazole rings is 1. The summed E-state index contributed by atoms with van der Waals surface area (Å²) in [5, 5.41) is 0.113. The van der Waals surface area contributed by atoms with Crippen molar-refractivity contribution in [3.63, 3.8) is 0 Å². The maximum Gasteiger partial charge on any atom is 0.410 e. The predicted octanol–water partition coefficient (Wildman–Crippen LogP) is 3.43. The quantitative estimate of drug-likeness (QED) is 0.701. The van der Waals surface area contributed by atoms with Gasteiger partial charge in [0.25, 0.3) is 5.76 Å². The Labute approximate surface area is 172 Å². The van der Waals surface area contributed by atoms with Crippen molar-refractivity contribution < 1.29 is 23.1 Å². The maximum atomic E-state index is 12.9. The summed E-state index contributed by atoms with van der Waals surface area (Å²) in [6, 6.07) is 7.03. The Morgan fingerprint density at radius 1 is 1.14 bits per heavy atom. The van der Waals surface area contributed by atoms with E-state index in [1.807, 2.05) is 0 Å². The minimum Gasteiger partial charge on any atom is -0.444 e. The van der Waals surface area contributed by atoms with Crippen LogP contribution in [-0.2, 0) is 16.1 Å². The zero-order valence-corrected chi connectivity index (χ0v) is 17.4. The van der Waals surface area contributed by atoms with Crippen molar-refractivity contribution in [1.29, 1.82) is 0 Å². The number of rotatable bonds is 4. The molecule has 0 bridgehead atoms. The van der Waals surface area contributed by atoms with Gasteiger partial charge in [-0.1, -0.05) is 12.1 Å². The number of carbonyl (C=O) groups excluding carboxylic acids is 2. The number of nitrogens with zero attached hydrogens (tertiary/aromatic N) is 4. The standard InChI is InChI=1S/C19H24F2N4O3S/c1-19(2,3)28-18(27)24-10-8-23(9-11-24)15(26)12-25-14-7-5-4-6-13(14)22-17(25)29-16(20)21/h4-7,16H,8-12H2,1-3H3. The number of ether oxygens (including phenoxy) is 1. The minimum absolute atomic E-state index is 0.0813. The Morgan fingerprint density at radius 2 is 1.76 bits per heavy atom. The molecule has 0 N–H and O–H groups in total.